The molecule has 1 aromatic heterocycles. The lowest BCUT2D eigenvalue weighted by Gasteiger charge is -2.16. The van der Waals surface area contributed by atoms with Crippen LogP contribution in [0.25, 0.3) is 0 Å². The molecule has 1 unspecified atom stereocenters. The summed E-state index contributed by atoms with van der Waals surface area (Å²) in [6, 6.07) is 9.93. The summed E-state index contributed by atoms with van der Waals surface area (Å²) in [5.41, 5.74) is 9.70. The van der Waals surface area contributed by atoms with Gasteiger partial charge in [0.15, 0.2) is 0 Å². The van der Waals surface area contributed by atoms with Gasteiger partial charge in [-0.1, -0.05) is 32.0 Å². The summed E-state index contributed by atoms with van der Waals surface area (Å²) in [6.45, 7) is 4.93. The van der Waals surface area contributed by atoms with Gasteiger partial charge in [0, 0.05) is 11.3 Å². The van der Waals surface area contributed by atoms with Crippen LogP contribution in [-0.4, -0.2) is 16.9 Å². The molecule has 108 valence electrons. The summed E-state index contributed by atoms with van der Waals surface area (Å²) >= 11 is 0. The second-order valence-electron chi connectivity index (χ2n) is 4.86. The quantitative estimate of drug-likeness (QED) is 0.880. The van der Waals surface area contributed by atoms with Gasteiger partial charge < -0.3 is 10.5 Å². The van der Waals surface area contributed by atoms with E-state index in [1.807, 2.05) is 28.9 Å². The van der Waals surface area contributed by atoms with E-state index in [0.717, 1.165) is 29.8 Å². The second-order valence-corrected chi connectivity index (χ2v) is 4.86. The number of rotatable bonds is 6. The molecule has 4 heteroatoms. The molecule has 0 fully saturated rings. The zero-order valence-electron chi connectivity index (χ0n) is 12.5. The number of benzene rings is 1. The molecular weight excluding hydrogens is 250 g/mol. The van der Waals surface area contributed by atoms with E-state index in [-0.39, 0.29) is 6.04 Å². The first kappa shape index (κ1) is 14.6. The maximum atomic E-state index is 6.34. The Kier molecular flexibility index (Phi) is 4.79. The molecule has 0 radical (unpaired) electrons. The number of nitrogens with zero attached hydrogens (tertiary/aromatic N) is 2. The van der Waals surface area contributed by atoms with Crippen LogP contribution in [0.4, 0.5) is 0 Å². The Labute approximate surface area is 120 Å². The molecule has 2 N–H and O–H groups in total. The monoisotopic (exact) mass is 273 g/mol. The molecule has 0 bridgehead atoms. The third-order valence-electron chi connectivity index (χ3n) is 3.55. The molecular formula is C16H23N3O. The number of aryl methyl sites for hydroxylation is 2. The summed E-state index contributed by atoms with van der Waals surface area (Å²) in [4.78, 5) is 0. The van der Waals surface area contributed by atoms with Gasteiger partial charge in [-0.2, -0.15) is 5.10 Å². The molecule has 0 aliphatic heterocycles. The van der Waals surface area contributed by atoms with Crippen LogP contribution >= 0.6 is 0 Å². The maximum absolute atomic E-state index is 6.34. The van der Waals surface area contributed by atoms with Crippen molar-refractivity contribution in [3.05, 3.63) is 47.3 Å². The van der Waals surface area contributed by atoms with Crippen LogP contribution in [0.3, 0.4) is 0 Å². The second kappa shape index (κ2) is 6.57. The van der Waals surface area contributed by atoms with Crippen LogP contribution in [0.1, 0.15) is 36.8 Å². The largest absolute Gasteiger partial charge is 0.496 e. The first-order chi connectivity index (χ1) is 9.69. The van der Waals surface area contributed by atoms with Crippen molar-refractivity contribution >= 4 is 0 Å². The van der Waals surface area contributed by atoms with Crippen molar-refractivity contribution in [1.82, 2.24) is 9.78 Å². The van der Waals surface area contributed by atoms with Crippen molar-refractivity contribution in [2.75, 3.05) is 7.11 Å². The molecule has 0 spiro atoms. The Morgan fingerprint density at radius 2 is 2.00 bits per heavy atom. The van der Waals surface area contributed by atoms with Crippen LogP contribution in [0, 0.1) is 0 Å². The average molecular weight is 273 g/mol. The van der Waals surface area contributed by atoms with Crippen molar-refractivity contribution in [1.29, 1.82) is 0 Å². The van der Waals surface area contributed by atoms with Crippen LogP contribution in [0.15, 0.2) is 30.3 Å². The SMILES string of the molecule is CCc1cc(CC)n(CC(N)c2ccccc2OC)n1. The lowest BCUT2D eigenvalue weighted by Crippen LogP contribution is -2.20. The predicted octanol–water partition coefficient (Wildman–Crippen LogP) is 2.72. The van der Waals surface area contributed by atoms with Crippen LogP contribution < -0.4 is 10.5 Å². The molecule has 0 saturated heterocycles. The molecule has 0 amide bonds. The fraction of sp³-hybridized carbons (Fsp3) is 0.438. The zero-order chi connectivity index (χ0) is 14.5. The van der Waals surface area contributed by atoms with Crippen LogP contribution in [0.5, 0.6) is 5.75 Å². The topological polar surface area (TPSA) is 53.1 Å². The van der Waals surface area contributed by atoms with E-state index < -0.39 is 0 Å². The zero-order valence-corrected chi connectivity index (χ0v) is 12.5. The van der Waals surface area contributed by atoms with Gasteiger partial charge in [0.1, 0.15) is 5.75 Å². The highest BCUT2D eigenvalue weighted by Gasteiger charge is 2.14. The molecule has 0 aliphatic rings. The first-order valence-corrected chi connectivity index (χ1v) is 7.13. The Hall–Kier alpha value is -1.81. The van der Waals surface area contributed by atoms with E-state index in [1.54, 1.807) is 7.11 Å². The van der Waals surface area contributed by atoms with Gasteiger partial charge in [0.25, 0.3) is 0 Å². The van der Waals surface area contributed by atoms with E-state index in [2.05, 4.69) is 25.0 Å². The van der Waals surface area contributed by atoms with Gasteiger partial charge in [0.2, 0.25) is 0 Å². The minimum atomic E-state index is -0.124. The van der Waals surface area contributed by atoms with E-state index in [0.29, 0.717) is 6.54 Å². The van der Waals surface area contributed by atoms with Gasteiger partial charge >= 0.3 is 0 Å². The Balaban J connectivity index is 2.22. The van der Waals surface area contributed by atoms with Crippen molar-refractivity contribution in [3.8, 4) is 5.75 Å². The smallest absolute Gasteiger partial charge is 0.123 e. The number of nitrogens with two attached hydrogens (primary N) is 1. The summed E-state index contributed by atoms with van der Waals surface area (Å²) in [7, 11) is 1.67. The van der Waals surface area contributed by atoms with Gasteiger partial charge in [0.05, 0.1) is 25.4 Å². The standard InChI is InChI=1S/C16H23N3O/c1-4-12-10-13(5-2)19(18-12)11-15(17)14-8-6-7-9-16(14)20-3/h6-10,15H,4-5,11,17H2,1-3H3. The highest BCUT2D eigenvalue weighted by Crippen LogP contribution is 2.24. The average Bonchev–Trinajstić information content (AvgIpc) is 2.89. The lowest BCUT2D eigenvalue weighted by atomic mass is 10.1. The molecule has 0 saturated carbocycles. The summed E-state index contributed by atoms with van der Waals surface area (Å²) in [5.74, 6) is 0.834. The number of ether oxygens (including phenoxy) is 1. The number of hydrogen-bond acceptors (Lipinski definition) is 3. The van der Waals surface area contributed by atoms with Crippen molar-refractivity contribution in [2.45, 2.75) is 39.3 Å². The highest BCUT2D eigenvalue weighted by atomic mass is 16.5. The number of aromatic nitrogens is 2. The fourth-order valence-electron chi connectivity index (χ4n) is 2.39. The number of methoxy groups -OCH3 is 1. The van der Waals surface area contributed by atoms with Gasteiger partial charge in [-0.15, -0.1) is 0 Å². The highest BCUT2D eigenvalue weighted by molar-refractivity contribution is 5.35. The summed E-state index contributed by atoms with van der Waals surface area (Å²) in [5, 5.41) is 4.62. The first-order valence-electron chi connectivity index (χ1n) is 7.13. The van der Waals surface area contributed by atoms with E-state index >= 15 is 0 Å². The Bertz CT molecular complexity index is 563. The summed E-state index contributed by atoms with van der Waals surface area (Å²) < 4.78 is 7.40. The van der Waals surface area contributed by atoms with Gasteiger partial charge in [-0.3, -0.25) is 4.68 Å². The van der Waals surface area contributed by atoms with Crippen molar-refractivity contribution in [2.24, 2.45) is 5.73 Å². The third kappa shape index (κ3) is 3.02. The lowest BCUT2D eigenvalue weighted by molar-refractivity contribution is 0.399. The Morgan fingerprint density at radius 1 is 1.25 bits per heavy atom. The molecule has 2 aromatic rings. The molecule has 4 nitrogen and oxygen atoms in total. The van der Waals surface area contributed by atoms with Crippen LogP contribution in [-0.2, 0) is 19.4 Å². The third-order valence-corrected chi connectivity index (χ3v) is 3.55. The molecule has 1 aromatic carbocycles. The molecule has 20 heavy (non-hydrogen) atoms. The minimum absolute atomic E-state index is 0.124. The van der Waals surface area contributed by atoms with Crippen molar-refractivity contribution in [3.63, 3.8) is 0 Å². The molecule has 0 aliphatic carbocycles. The Morgan fingerprint density at radius 3 is 2.65 bits per heavy atom. The number of hydrogen-bond donors (Lipinski definition) is 1. The minimum Gasteiger partial charge on any atom is -0.496 e. The van der Waals surface area contributed by atoms with Crippen molar-refractivity contribution < 1.29 is 4.74 Å². The summed E-state index contributed by atoms with van der Waals surface area (Å²) in [6.07, 6.45) is 1.91. The van der Waals surface area contributed by atoms with E-state index in [4.69, 9.17) is 10.5 Å². The van der Waals surface area contributed by atoms with Crippen LogP contribution in [0.2, 0.25) is 0 Å². The van der Waals surface area contributed by atoms with E-state index in [1.165, 1.54) is 5.69 Å². The molecule has 1 atom stereocenters. The van der Waals surface area contributed by atoms with E-state index in [9.17, 15) is 0 Å². The van der Waals surface area contributed by atoms with Gasteiger partial charge in [-0.25, -0.2) is 0 Å². The number of para-hydroxylation sites is 1. The van der Waals surface area contributed by atoms with Gasteiger partial charge in [-0.05, 0) is 25.0 Å². The predicted molar refractivity (Wildman–Crippen MR) is 80.9 cm³/mol. The fourth-order valence-corrected chi connectivity index (χ4v) is 2.39. The molecule has 1 heterocycles. The maximum Gasteiger partial charge on any atom is 0.123 e. The molecule has 2 rings (SSSR count). The normalized spacial score (nSPS) is 12.4.